The molecule has 21 heavy (non-hydrogen) atoms. The Morgan fingerprint density at radius 3 is 2.71 bits per heavy atom. The molecule has 0 bridgehead atoms. The molecule has 0 heterocycles. The second kappa shape index (κ2) is 8.49. The van der Waals surface area contributed by atoms with Crippen molar-refractivity contribution in [1.29, 1.82) is 0 Å². The number of nitrogens with one attached hydrogen (secondary N) is 2. The number of halogens is 1. The summed E-state index contributed by atoms with van der Waals surface area (Å²) in [5.41, 5.74) is 5.69. The van der Waals surface area contributed by atoms with Crippen molar-refractivity contribution in [1.82, 2.24) is 10.6 Å². The van der Waals surface area contributed by atoms with Gasteiger partial charge in [0, 0.05) is 17.1 Å². The lowest BCUT2D eigenvalue weighted by atomic mass is 10.2. The average molecular weight is 314 g/mol. The van der Waals surface area contributed by atoms with Gasteiger partial charge in [0.15, 0.2) is 6.61 Å². The quantitative estimate of drug-likeness (QED) is 0.713. The summed E-state index contributed by atoms with van der Waals surface area (Å²) in [5.74, 6) is 0.462. The normalized spacial score (nSPS) is 10.5. The number of hydrogen-bond acceptors (Lipinski definition) is 4. The molecule has 0 atom stereocenters. The zero-order valence-electron chi connectivity index (χ0n) is 12.1. The van der Waals surface area contributed by atoms with Gasteiger partial charge in [-0.05, 0) is 30.7 Å². The van der Waals surface area contributed by atoms with E-state index in [0.717, 1.165) is 12.1 Å². The Balaban J connectivity index is 2.63. The first-order chi connectivity index (χ1) is 9.88. The summed E-state index contributed by atoms with van der Waals surface area (Å²) >= 11 is 5.97. The van der Waals surface area contributed by atoms with Gasteiger partial charge in [-0.2, -0.15) is 0 Å². The smallest absolute Gasteiger partial charge is 0.318 e. The van der Waals surface area contributed by atoms with Crippen LogP contribution in [0.3, 0.4) is 0 Å². The predicted octanol–water partition coefficient (Wildman–Crippen LogP) is 1.66. The molecule has 1 rings (SSSR count). The first-order valence-electron chi connectivity index (χ1n) is 6.59. The summed E-state index contributed by atoms with van der Waals surface area (Å²) in [7, 11) is 0. The maximum Gasteiger partial charge on any atom is 0.318 e. The largest absolute Gasteiger partial charge is 0.483 e. The fourth-order valence-corrected chi connectivity index (χ4v) is 1.83. The molecule has 6 nitrogen and oxygen atoms in total. The Morgan fingerprint density at radius 2 is 2.10 bits per heavy atom. The number of carbonyl (C=O) groups is 2. The second-order valence-electron chi connectivity index (χ2n) is 4.98. The fourth-order valence-electron chi connectivity index (χ4n) is 1.64. The number of rotatable bonds is 7. The van der Waals surface area contributed by atoms with E-state index in [4.69, 9.17) is 22.1 Å². The lowest BCUT2D eigenvalue weighted by Crippen LogP contribution is -2.38. The van der Waals surface area contributed by atoms with Gasteiger partial charge in [0.1, 0.15) is 5.75 Å². The molecular formula is C14H20ClN3O3. The number of primary amides is 1. The highest BCUT2D eigenvalue weighted by atomic mass is 35.5. The van der Waals surface area contributed by atoms with Crippen LogP contribution in [0.2, 0.25) is 5.02 Å². The molecule has 116 valence electrons. The second-order valence-corrected chi connectivity index (χ2v) is 5.41. The van der Waals surface area contributed by atoms with Crippen molar-refractivity contribution in [2.75, 3.05) is 13.2 Å². The van der Waals surface area contributed by atoms with E-state index in [1.807, 2.05) is 5.32 Å². The van der Waals surface area contributed by atoms with E-state index in [-0.39, 0.29) is 6.61 Å². The van der Waals surface area contributed by atoms with Crippen LogP contribution in [0.25, 0.3) is 0 Å². The van der Waals surface area contributed by atoms with E-state index >= 15 is 0 Å². The molecule has 0 radical (unpaired) electrons. The van der Waals surface area contributed by atoms with Crippen molar-refractivity contribution in [3.8, 4) is 5.75 Å². The fraction of sp³-hybridized carbons (Fsp3) is 0.429. The minimum absolute atomic E-state index is 0.290. The van der Waals surface area contributed by atoms with Crippen LogP contribution < -0.4 is 21.1 Å². The number of hydrogen-bond donors (Lipinski definition) is 3. The Morgan fingerprint density at radius 1 is 1.38 bits per heavy atom. The topological polar surface area (TPSA) is 93.4 Å². The van der Waals surface area contributed by atoms with Gasteiger partial charge < -0.3 is 15.8 Å². The van der Waals surface area contributed by atoms with Gasteiger partial charge in [0.2, 0.25) is 0 Å². The lowest BCUT2D eigenvalue weighted by Gasteiger charge is -2.13. The third kappa shape index (κ3) is 6.97. The predicted molar refractivity (Wildman–Crippen MR) is 81.2 cm³/mol. The molecular weight excluding hydrogens is 294 g/mol. The van der Waals surface area contributed by atoms with Crippen LogP contribution in [0.5, 0.6) is 5.75 Å². The van der Waals surface area contributed by atoms with Crippen molar-refractivity contribution in [2.24, 2.45) is 11.7 Å². The number of carbonyl (C=O) groups excluding carboxylic acids is 2. The first-order valence-corrected chi connectivity index (χ1v) is 6.97. The van der Waals surface area contributed by atoms with Crippen molar-refractivity contribution < 1.29 is 14.3 Å². The highest BCUT2D eigenvalue weighted by molar-refractivity contribution is 6.30. The maximum absolute atomic E-state index is 11.3. The van der Waals surface area contributed by atoms with Crippen LogP contribution in [0.15, 0.2) is 18.2 Å². The van der Waals surface area contributed by atoms with Gasteiger partial charge in [-0.25, -0.2) is 4.79 Å². The summed E-state index contributed by atoms with van der Waals surface area (Å²) in [5, 5.41) is 5.80. The van der Waals surface area contributed by atoms with E-state index in [9.17, 15) is 9.59 Å². The number of ether oxygens (including phenoxy) is 1. The van der Waals surface area contributed by atoms with E-state index < -0.39 is 11.9 Å². The van der Waals surface area contributed by atoms with E-state index in [2.05, 4.69) is 19.2 Å². The summed E-state index contributed by atoms with van der Waals surface area (Å²) in [6, 6.07) is 4.23. The van der Waals surface area contributed by atoms with Crippen molar-refractivity contribution in [2.45, 2.75) is 20.4 Å². The zero-order chi connectivity index (χ0) is 15.8. The SMILES string of the molecule is CC(C)CNCc1cc(Cl)ccc1OCC(=O)NC(N)=O. The van der Waals surface area contributed by atoms with Crippen LogP contribution >= 0.6 is 11.6 Å². The monoisotopic (exact) mass is 313 g/mol. The molecule has 0 aromatic heterocycles. The molecule has 0 saturated carbocycles. The van der Waals surface area contributed by atoms with Crippen LogP contribution in [-0.4, -0.2) is 25.1 Å². The molecule has 0 saturated heterocycles. The van der Waals surface area contributed by atoms with E-state index in [1.165, 1.54) is 0 Å². The average Bonchev–Trinajstić information content (AvgIpc) is 2.36. The zero-order valence-corrected chi connectivity index (χ0v) is 12.9. The molecule has 1 aromatic carbocycles. The third-order valence-electron chi connectivity index (χ3n) is 2.51. The molecule has 0 aliphatic carbocycles. The molecule has 1 aromatic rings. The van der Waals surface area contributed by atoms with Crippen LogP contribution in [-0.2, 0) is 11.3 Å². The first kappa shape index (κ1) is 17.3. The van der Waals surface area contributed by atoms with Gasteiger partial charge in [-0.1, -0.05) is 25.4 Å². The molecule has 0 fully saturated rings. The molecule has 0 aliphatic rings. The number of benzene rings is 1. The maximum atomic E-state index is 11.3. The molecule has 4 N–H and O–H groups in total. The minimum Gasteiger partial charge on any atom is -0.483 e. The van der Waals surface area contributed by atoms with E-state index in [0.29, 0.717) is 23.2 Å². The lowest BCUT2D eigenvalue weighted by molar-refractivity contribution is -0.121. The van der Waals surface area contributed by atoms with Gasteiger partial charge >= 0.3 is 6.03 Å². The molecule has 0 aliphatic heterocycles. The molecule has 0 spiro atoms. The van der Waals surface area contributed by atoms with Gasteiger partial charge in [-0.3, -0.25) is 10.1 Å². The van der Waals surface area contributed by atoms with Gasteiger partial charge in [0.05, 0.1) is 0 Å². The summed E-state index contributed by atoms with van der Waals surface area (Å²) in [4.78, 5) is 21.9. The minimum atomic E-state index is -0.904. The number of urea groups is 1. The van der Waals surface area contributed by atoms with Crippen LogP contribution in [0.1, 0.15) is 19.4 Å². The van der Waals surface area contributed by atoms with Crippen LogP contribution in [0.4, 0.5) is 4.79 Å². The number of imide groups is 1. The molecule has 3 amide bonds. The van der Waals surface area contributed by atoms with Crippen molar-refractivity contribution >= 4 is 23.5 Å². The van der Waals surface area contributed by atoms with Gasteiger partial charge in [0.25, 0.3) is 5.91 Å². The Labute approximate surface area is 129 Å². The third-order valence-corrected chi connectivity index (χ3v) is 2.75. The Bertz CT molecular complexity index is 506. The molecule has 0 unspecified atom stereocenters. The summed E-state index contributed by atoms with van der Waals surface area (Å²) in [6.07, 6.45) is 0. The summed E-state index contributed by atoms with van der Waals surface area (Å²) in [6.45, 7) is 5.36. The number of nitrogens with two attached hydrogens (primary N) is 1. The standard InChI is InChI=1S/C14H20ClN3O3/c1-9(2)6-17-7-10-5-11(15)3-4-12(10)21-8-13(19)18-14(16)20/h3-5,9,17H,6-8H2,1-2H3,(H3,16,18,19,20). The Hall–Kier alpha value is -1.79. The van der Waals surface area contributed by atoms with Crippen molar-refractivity contribution in [3.63, 3.8) is 0 Å². The van der Waals surface area contributed by atoms with Gasteiger partial charge in [-0.15, -0.1) is 0 Å². The Kier molecular flexibility index (Phi) is 6.98. The summed E-state index contributed by atoms with van der Waals surface area (Å²) < 4.78 is 5.39. The van der Waals surface area contributed by atoms with E-state index in [1.54, 1.807) is 18.2 Å². The molecule has 7 heteroatoms. The number of amides is 3. The van der Waals surface area contributed by atoms with Crippen molar-refractivity contribution in [3.05, 3.63) is 28.8 Å². The highest BCUT2D eigenvalue weighted by Gasteiger charge is 2.09. The van der Waals surface area contributed by atoms with Crippen LogP contribution in [0, 0.1) is 5.92 Å². The highest BCUT2D eigenvalue weighted by Crippen LogP contribution is 2.22.